The Hall–Kier alpha value is -4.39. The van der Waals surface area contributed by atoms with Crippen molar-refractivity contribution in [2.75, 3.05) is 18.2 Å². The number of pyridine rings is 1. The molecule has 1 aromatic heterocycles. The maximum Gasteiger partial charge on any atom is 0.269 e. The lowest BCUT2D eigenvalue weighted by Gasteiger charge is -2.13. The number of nitro groups is 1. The van der Waals surface area contributed by atoms with E-state index < -0.39 is 4.92 Å². The molecule has 1 N–H and O–H groups in total. The van der Waals surface area contributed by atoms with Gasteiger partial charge >= 0.3 is 0 Å². The minimum absolute atomic E-state index is 0.0230. The van der Waals surface area contributed by atoms with Crippen LogP contribution in [0.25, 0.3) is 22.4 Å². The molecule has 0 spiro atoms. The van der Waals surface area contributed by atoms with Crippen molar-refractivity contribution in [1.29, 1.82) is 5.26 Å². The number of aromatic nitrogens is 1. The average Bonchev–Trinajstić information content (AvgIpc) is 2.92. The van der Waals surface area contributed by atoms with Gasteiger partial charge in [0.25, 0.3) is 5.69 Å². The highest BCUT2D eigenvalue weighted by Gasteiger charge is 2.17. The van der Waals surface area contributed by atoms with E-state index in [0.717, 1.165) is 22.9 Å². The minimum atomic E-state index is -0.509. The molecule has 0 aliphatic rings. The Morgan fingerprint density at radius 1 is 1.08 bits per heavy atom. The number of thioether (sulfide) groups is 1. The summed E-state index contributed by atoms with van der Waals surface area (Å²) in [5.74, 6) is 0.323. The molecule has 4 aromatic rings. The summed E-state index contributed by atoms with van der Waals surface area (Å²) in [6, 6.07) is 24.2. The number of nitriles is 1. The number of nitrogens with one attached hydrogen (secondary N) is 1. The Labute approximate surface area is 222 Å². The molecular formula is C27H19ClN4O4S. The van der Waals surface area contributed by atoms with Crippen molar-refractivity contribution in [3.63, 3.8) is 0 Å². The second-order valence-corrected chi connectivity index (χ2v) is 9.12. The Bertz CT molecular complexity index is 1490. The summed E-state index contributed by atoms with van der Waals surface area (Å²) in [5.41, 5.74) is 3.60. The maximum atomic E-state index is 12.6. The molecule has 8 nitrogen and oxygen atoms in total. The van der Waals surface area contributed by atoms with Crippen LogP contribution in [0.3, 0.4) is 0 Å². The van der Waals surface area contributed by atoms with Crippen LogP contribution in [0.1, 0.15) is 5.56 Å². The van der Waals surface area contributed by atoms with Gasteiger partial charge in [-0.05, 0) is 48.0 Å². The number of anilines is 1. The third kappa shape index (κ3) is 6.25. The van der Waals surface area contributed by atoms with Crippen molar-refractivity contribution in [2.45, 2.75) is 5.03 Å². The van der Waals surface area contributed by atoms with Gasteiger partial charge in [-0.15, -0.1) is 0 Å². The van der Waals surface area contributed by atoms with Crippen LogP contribution in [0.5, 0.6) is 5.75 Å². The molecule has 0 unspecified atom stereocenters. The SMILES string of the molecule is COc1ccc(-c2cc(-c3ccc(Cl)cc3)nc(SCC(=O)Nc3ccc([N+](=O)[O-])cc3)c2C#N)cc1. The van der Waals surface area contributed by atoms with Crippen molar-refractivity contribution in [1.82, 2.24) is 4.98 Å². The number of nitro benzene ring substituents is 1. The van der Waals surface area contributed by atoms with Crippen molar-refractivity contribution in [3.8, 4) is 34.2 Å². The number of carbonyl (C=O) groups excluding carboxylic acids is 1. The number of hydrogen-bond donors (Lipinski definition) is 1. The number of rotatable bonds is 8. The molecule has 1 amide bonds. The molecule has 10 heteroatoms. The first-order valence-electron chi connectivity index (χ1n) is 10.9. The first-order valence-corrected chi connectivity index (χ1v) is 12.3. The zero-order valence-electron chi connectivity index (χ0n) is 19.5. The van der Waals surface area contributed by atoms with Crippen molar-refractivity contribution in [3.05, 3.63) is 99.6 Å². The van der Waals surface area contributed by atoms with Crippen molar-refractivity contribution < 1.29 is 14.5 Å². The van der Waals surface area contributed by atoms with Gasteiger partial charge in [-0.2, -0.15) is 5.26 Å². The third-order valence-corrected chi connectivity index (χ3v) is 6.57. The number of ether oxygens (including phenoxy) is 1. The standard InChI is InChI=1S/C27H19ClN4O4S/c1-36-22-12-4-17(5-13-22)23-14-25(18-2-6-19(28)7-3-18)31-27(24(23)15-29)37-16-26(33)30-20-8-10-21(11-9-20)32(34)35/h2-14H,16H2,1H3,(H,30,33). The summed E-state index contributed by atoms with van der Waals surface area (Å²) in [7, 11) is 1.58. The van der Waals surface area contributed by atoms with Crippen LogP contribution in [-0.2, 0) is 4.79 Å². The highest BCUT2D eigenvalue weighted by Crippen LogP contribution is 2.35. The van der Waals surface area contributed by atoms with Crippen LogP contribution in [0.15, 0.2) is 83.9 Å². The normalized spacial score (nSPS) is 10.4. The maximum absolute atomic E-state index is 12.6. The first-order chi connectivity index (χ1) is 17.9. The highest BCUT2D eigenvalue weighted by atomic mass is 35.5. The summed E-state index contributed by atoms with van der Waals surface area (Å²) >= 11 is 7.18. The van der Waals surface area contributed by atoms with Gasteiger partial charge in [0, 0.05) is 34.0 Å². The molecular weight excluding hydrogens is 512 g/mol. The van der Waals surface area contributed by atoms with E-state index >= 15 is 0 Å². The average molecular weight is 531 g/mol. The van der Waals surface area contributed by atoms with Crippen LogP contribution < -0.4 is 10.1 Å². The molecule has 37 heavy (non-hydrogen) atoms. The van der Waals surface area contributed by atoms with E-state index in [1.54, 1.807) is 19.2 Å². The molecule has 1 heterocycles. The van der Waals surface area contributed by atoms with E-state index in [9.17, 15) is 20.2 Å². The molecule has 0 aliphatic heterocycles. The van der Waals surface area contributed by atoms with Gasteiger partial charge in [0.05, 0.1) is 29.0 Å². The largest absolute Gasteiger partial charge is 0.497 e. The Morgan fingerprint density at radius 3 is 2.32 bits per heavy atom. The summed E-state index contributed by atoms with van der Waals surface area (Å²) < 4.78 is 5.25. The minimum Gasteiger partial charge on any atom is -0.497 e. The zero-order valence-corrected chi connectivity index (χ0v) is 21.0. The predicted octanol–water partition coefficient (Wildman–Crippen LogP) is 6.59. The monoisotopic (exact) mass is 530 g/mol. The Morgan fingerprint density at radius 2 is 1.73 bits per heavy atom. The lowest BCUT2D eigenvalue weighted by molar-refractivity contribution is -0.384. The number of benzene rings is 3. The number of halogens is 1. The molecule has 0 saturated heterocycles. The van der Waals surface area contributed by atoms with Gasteiger partial charge < -0.3 is 10.1 Å². The van der Waals surface area contributed by atoms with E-state index in [1.165, 1.54) is 24.3 Å². The van der Waals surface area contributed by atoms with Gasteiger partial charge in [-0.1, -0.05) is 47.6 Å². The summed E-state index contributed by atoms with van der Waals surface area (Å²) in [4.78, 5) is 27.6. The topological polar surface area (TPSA) is 118 Å². The van der Waals surface area contributed by atoms with Crippen LogP contribution >= 0.6 is 23.4 Å². The molecule has 4 rings (SSSR count). The quantitative estimate of drug-likeness (QED) is 0.155. The van der Waals surface area contributed by atoms with Crippen molar-refractivity contribution >= 4 is 40.6 Å². The number of methoxy groups -OCH3 is 1. The molecule has 184 valence electrons. The zero-order chi connectivity index (χ0) is 26.4. The Kier molecular flexibility index (Phi) is 8.03. The molecule has 0 saturated carbocycles. The first kappa shape index (κ1) is 25.7. The highest BCUT2D eigenvalue weighted by molar-refractivity contribution is 8.00. The van der Waals surface area contributed by atoms with E-state index in [1.807, 2.05) is 42.5 Å². The number of hydrogen-bond acceptors (Lipinski definition) is 7. The van der Waals surface area contributed by atoms with Gasteiger partial charge in [-0.25, -0.2) is 4.98 Å². The third-order valence-electron chi connectivity index (χ3n) is 5.34. The number of non-ortho nitro benzene ring substituents is 1. The van der Waals surface area contributed by atoms with Crippen LogP contribution in [0.2, 0.25) is 5.02 Å². The summed E-state index contributed by atoms with van der Waals surface area (Å²) in [6.07, 6.45) is 0. The fourth-order valence-corrected chi connectivity index (χ4v) is 4.43. The molecule has 3 aromatic carbocycles. The lowest BCUT2D eigenvalue weighted by atomic mass is 9.99. The lowest BCUT2D eigenvalue weighted by Crippen LogP contribution is -2.14. The van der Waals surface area contributed by atoms with Gasteiger partial charge in [0.1, 0.15) is 16.8 Å². The molecule has 0 fully saturated rings. The molecule has 0 bridgehead atoms. The smallest absolute Gasteiger partial charge is 0.269 e. The van der Waals surface area contributed by atoms with Crippen molar-refractivity contribution in [2.24, 2.45) is 0 Å². The number of amides is 1. The van der Waals surface area contributed by atoms with Gasteiger partial charge in [0.15, 0.2) is 0 Å². The fraction of sp³-hybridized carbons (Fsp3) is 0.0741. The predicted molar refractivity (Wildman–Crippen MR) is 144 cm³/mol. The second-order valence-electron chi connectivity index (χ2n) is 7.72. The van der Waals surface area contributed by atoms with Crippen LogP contribution in [0, 0.1) is 21.4 Å². The van der Waals surface area contributed by atoms with Crippen LogP contribution in [-0.4, -0.2) is 28.7 Å². The molecule has 0 radical (unpaired) electrons. The molecule has 0 aliphatic carbocycles. The van der Waals surface area contributed by atoms with Gasteiger partial charge in [0.2, 0.25) is 5.91 Å². The Balaban J connectivity index is 1.65. The van der Waals surface area contributed by atoms with Crippen LogP contribution in [0.4, 0.5) is 11.4 Å². The van der Waals surface area contributed by atoms with E-state index in [4.69, 9.17) is 21.3 Å². The van der Waals surface area contributed by atoms with E-state index in [2.05, 4.69) is 11.4 Å². The van der Waals surface area contributed by atoms with E-state index in [-0.39, 0.29) is 17.3 Å². The van der Waals surface area contributed by atoms with Gasteiger partial charge in [-0.3, -0.25) is 14.9 Å². The summed E-state index contributed by atoms with van der Waals surface area (Å²) in [6.45, 7) is 0. The second kappa shape index (κ2) is 11.6. The molecule has 0 atom stereocenters. The fourth-order valence-electron chi connectivity index (χ4n) is 3.50. The number of nitrogens with zero attached hydrogens (tertiary/aromatic N) is 3. The summed E-state index contributed by atoms with van der Waals surface area (Å²) in [5, 5.41) is 24.6. The van der Waals surface area contributed by atoms with E-state index in [0.29, 0.717) is 38.3 Å². The number of carbonyl (C=O) groups is 1.